The van der Waals surface area contributed by atoms with Crippen molar-refractivity contribution in [3.8, 4) is 11.5 Å². The van der Waals surface area contributed by atoms with Crippen molar-refractivity contribution in [2.24, 2.45) is 0 Å². The molecule has 3 rings (SSSR count). The molecule has 122 valence electrons. The number of rotatable bonds is 6. The number of hydrogen-bond acceptors (Lipinski definition) is 4. The van der Waals surface area contributed by atoms with Gasteiger partial charge in [-0.2, -0.15) is 0 Å². The maximum atomic E-state index is 5.33. The van der Waals surface area contributed by atoms with Gasteiger partial charge < -0.3 is 14.8 Å². The fourth-order valence-corrected chi connectivity index (χ4v) is 3.06. The molecule has 23 heavy (non-hydrogen) atoms. The van der Waals surface area contributed by atoms with Crippen molar-refractivity contribution in [1.82, 2.24) is 4.90 Å². The smallest absolute Gasteiger partial charge is 0.124 e. The first-order valence-electron chi connectivity index (χ1n) is 8.02. The molecule has 1 heterocycles. The molecule has 0 aliphatic carbocycles. The maximum absolute atomic E-state index is 5.33. The van der Waals surface area contributed by atoms with Gasteiger partial charge in [0.05, 0.1) is 14.2 Å². The maximum Gasteiger partial charge on any atom is 0.124 e. The van der Waals surface area contributed by atoms with E-state index < -0.39 is 0 Å². The molecule has 1 aliphatic rings. The SMILES string of the molecule is CCN1Cc2cccc(CNc3cc(OC)cc(OC)c3)c2C1. The van der Waals surface area contributed by atoms with Crippen LogP contribution >= 0.6 is 0 Å². The molecule has 0 radical (unpaired) electrons. The van der Waals surface area contributed by atoms with Gasteiger partial charge in [-0.3, -0.25) is 4.90 Å². The first kappa shape index (κ1) is 15.7. The highest BCUT2D eigenvalue weighted by Crippen LogP contribution is 2.28. The minimum atomic E-state index is 0.794. The molecule has 0 saturated carbocycles. The Labute approximate surface area is 138 Å². The van der Waals surface area contributed by atoms with Crippen LogP contribution in [0.3, 0.4) is 0 Å². The molecule has 2 aromatic carbocycles. The molecule has 4 heteroatoms. The summed E-state index contributed by atoms with van der Waals surface area (Å²) in [4.78, 5) is 2.46. The molecule has 2 aromatic rings. The van der Waals surface area contributed by atoms with Crippen LogP contribution in [0, 0.1) is 0 Å². The predicted octanol–water partition coefficient (Wildman–Crippen LogP) is 3.65. The molecule has 4 nitrogen and oxygen atoms in total. The Morgan fingerprint density at radius 1 is 1.04 bits per heavy atom. The third-order valence-corrected chi connectivity index (χ3v) is 4.43. The van der Waals surface area contributed by atoms with Gasteiger partial charge in [-0.15, -0.1) is 0 Å². The second-order valence-corrected chi connectivity index (χ2v) is 5.81. The second kappa shape index (κ2) is 6.92. The van der Waals surface area contributed by atoms with Crippen LogP contribution in [0.25, 0.3) is 0 Å². The molecule has 0 spiro atoms. The van der Waals surface area contributed by atoms with Crippen LogP contribution in [0.5, 0.6) is 11.5 Å². The predicted molar refractivity (Wildman–Crippen MR) is 93.1 cm³/mol. The van der Waals surface area contributed by atoms with Gasteiger partial charge in [-0.05, 0) is 23.2 Å². The van der Waals surface area contributed by atoms with E-state index in [9.17, 15) is 0 Å². The zero-order chi connectivity index (χ0) is 16.2. The summed E-state index contributed by atoms with van der Waals surface area (Å²) in [5, 5.41) is 3.49. The third kappa shape index (κ3) is 3.42. The van der Waals surface area contributed by atoms with Gasteiger partial charge in [0, 0.05) is 43.5 Å². The number of nitrogens with one attached hydrogen (secondary N) is 1. The molecule has 1 N–H and O–H groups in total. The Morgan fingerprint density at radius 2 is 1.78 bits per heavy atom. The Bertz CT molecular complexity index is 663. The lowest BCUT2D eigenvalue weighted by molar-refractivity contribution is 0.300. The third-order valence-electron chi connectivity index (χ3n) is 4.43. The quantitative estimate of drug-likeness (QED) is 0.883. The van der Waals surface area contributed by atoms with E-state index in [0.717, 1.165) is 43.4 Å². The first-order chi connectivity index (χ1) is 11.2. The Balaban J connectivity index is 1.76. The van der Waals surface area contributed by atoms with Crippen molar-refractivity contribution < 1.29 is 9.47 Å². The summed E-state index contributed by atoms with van der Waals surface area (Å²) in [7, 11) is 3.34. The van der Waals surface area contributed by atoms with E-state index in [2.05, 4.69) is 35.3 Å². The topological polar surface area (TPSA) is 33.7 Å². The summed E-state index contributed by atoms with van der Waals surface area (Å²) < 4.78 is 10.7. The van der Waals surface area contributed by atoms with Crippen molar-refractivity contribution in [1.29, 1.82) is 0 Å². The number of fused-ring (bicyclic) bond motifs is 1. The van der Waals surface area contributed by atoms with E-state index in [1.165, 1.54) is 16.7 Å². The van der Waals surface area contributed by atoms with Gasteiger partial charge in [-0.1, -0.05) is 25.1 Å². The number of nitrogens with zero attached hydrogens (tertiary/aromatic N) is 1. The van der Waals surface area contributed by atoms with Gasteiger partial charge >= 0.3 is 0 Å². The summed E-state index contributed by atoms with van der Waals surface area (Å²) in [5.41, 5.74) is 5.29. The van der Waals surface area contributed by atoms with Crippen LogP contribution in [0.15, 0.2) is 36.4 Å². The average molecular weight is 312 g/mol. The Hall–Kier alpha value is -2.20. The monoisotopic (exact) mass is 312 g/mol. The minimum absolute atomic E-state index is 0.794. The van der Waals surface area contributed by atoms with E-state index in [1.807, 2.05) is 18.2 Å². The molecular formula is C19H24N2O2. The van der Waals surface area contributed by atoms with Gasteiger partial charge in [0.25, 0.3) is 0 Å². The second-order valence-electron chi connectivity index (χ2n) is 5.81. The summed E-state index contributed by atoms with van der Waals surface area (Å²) in [5.74, 6) is 1.59. The summed E-state index contributed by atoms with van der Waals surface area (Å²) in [6.07, 6.45) is 0. The molecule has 0 atom stereocenters. The lowest BCUT2D eigenvalue weighted by atomic mass is 10.0. The van der Waals surface area contributed by atoms with Crippen molar-refractivity contribution in [2.45, 2.75) is 26.6 Å². The highest BCUT2D eigenvalue weighted by atomic mass is 16.5. The zero-order valence-electron chi connectivity index (χ0n) is 14.1. The molecule has 0 bridgehead atoms. The first-order valence-corrected chi connectivity index (χ1v) is 8.02. The van der Waals surface area contributed by atoms with E-state index in [0.29, 0.717) is 0 Å². The number of hydrogen-bond donors (Lipinski definition) is 1. The Kier molecular flexibility index (Phi) is 4.72. The lowest BCUT2D eigenvalue weighted by Gasteiger charge is -2.13. The number of benzene rings is 2. The largest absolute Gasteiger partial charge is 0.497 e. The molecule has 0 aromatic heterocycles. The standard InChI is InChI=1S/C19H24N2O2/c1-4-21-12-15-7-5-6-14(19(15)13-21)11-20-16-8-17(22-2)10-18(9-16)23-3/h5-10,20H,4,11-13H2,1-3H3. The highest BCUT2D eigenvalue weighted by molar-refractivity contribution is 5.54. The fraction of sp³-hybridized carbons (Fsp3) is 0.368. The fourth-order valence-electron chi connectivity index (χ4n) is 3.06. The van der Waals surface area contributed by atoms with E-state index in [-0.39, 0.29) is 0 Å². The molecule has 1 aliphatic heterocycles. The van der Waals surface area contributed by atoms with Crippen molar-refractivity contribution in [3.05, 3.63) is 53.1 Å². The van der Waals surface area contributed by atoms with Crippen molar-refractivity contribution in [3.63, 3.8) is 0 Å². The van der Waals surface area contributed by atoms with Gasteiger partial charge in [0.2, 0.25) is 0 Å². The van der Waals surface area contributed by atoms with E-state index in [4.69, 9.17) is 9.47 Å². The van der Waals surface area contributed by atoms with Crippen molar-refractivity contribution >= 4 is 5.69 Å². The lowest BCUT2D eigenvalue weighted by Crippen LogP contribution is -2.15. The van der Waals surface area contributed by atoms with Crippen LogP contribution in [0.2, 0.25) is 0 Å². The van der Waals surface area contributed by atoms with E-state index in [1.54, 1.807) is 14.2 Å². The van der Waals surface area contributed by atoms with Crippen LogP contribution in [0.4, 0.5) is 5.69 Å². The summed E-state index contributed by atoms with van der Waals surface area (Å²) in [6, 6.07) is 12.5. The summed E-state index contributed by atoms with van der Waals surface area (Å²) >= 11 is 0. The van der Waals surface area contributed by atoms with Crippen LogP contribution < -0.4 is 14.8 Å². The number of ether oxygens (including phenoxy) is 2. The van der Waals surface area contributed by atoms with Gasteiger partial charge in [0.15, 0.2) is 0 Å². The highest BCUT2D eigenvalue weighted by Gasteiger charge is 2.19. The molecule has 0 saturated heterocycles. The Morgan fingerprint density at radius 3 is 2.43 bits per heavy atom. The molecule has 0 unspecified atom stereocenters. The zero-order valence-corrected chi connectivity index (χ0v) is 14.1. The van der Waals surface area contributed by atoms with Crippen LogP contribution in [-0.2, 0) is 19.6 Å². The summed E-state index contributed by atoms with van der Waals surface area (Å²) in [6.45, 7) is 6.22. The normalized spacial score (nSPS) is 13.7. The minimum Gasteiger partial charge on any atom is -0.497 e. The molecule has 0 amide bonds. The van der Waals surface area contributed by atoms with Gasteiger partial charge in [0.1, 0.15) is 11.5 Å². The molecular weight excluding hydrogens is 288 g/mol. The van der Waals surface area contributed by atoms with Crippen molar-refractivity contribution in [2.75, 3.05) is 26.1 Å². The number of methoxy groups -OCH3 is 2. The number of anilines is 1. The average Bonchev–Trinajstić information content (AvgIpc) is 3.03. The van der Waals surface area contributed by atoms with Crippen LogP contribution in [0.1, 0.15) is 23.6 Å². The molecule has 0 fully saturated rings. The van der Waals surface area contributed by atoms with Gasteiger partial charge in [-0.25, -0.2) is 0 Å². The van der Waals surface area contributed by atoms with E-state index >= 15 is 0 Å². The van der Waals surface area contributed by atoms with Crippen LogP contribution in [-0.4, -0.2) is 25.7 Å².